The molecule has 3 atom stereocenters. The number of hydrogen-bond acceptors (Lipinski definition) is 3. The molecule has 1 aliphatic rings. The lowest BCUT2D eigenvalue weighted by Gasteiger charge is -2.50. The molecule has 3 heteroatoms. The highest BCUT2D eigenvalue weighted by molar-refractivity contribution is 7.10. The van der Waals surface area contributed by atoms with Crippen molar-refractivity contribution < 1.29 is 5.11 Å². The zero-order valence-corrected chi connectivity index (χ0v) is 10.3. The van der Waals surface area contributed by atoms with Crippen LogP contribution in [0.2, 0.25) is 0 Å². The van der Waals surface area contributed by atoms with Crippen molar-refractivity contribution in [2.75, 3.05) is 0 Å². The van der Waals surface area contributed by atoms with Gasteiger partial charge in [-0.2, -0.15) is 0 Å². The summed E-state index contributed by atoms with van der Waals surface area (Å²) in [6, 6.07) is 5.06. The van der Waals surface area contributed by atoms with E-state index in [0.717, 1.165) is 6.42 Å². The molecule has 0 aliphatic heterocycles. The SMILES string of the molecule is C[C@@H](NC1CC(O)C1(C)C)c1cccs1. The van der Waals surface area contributed by atoms with Crippen LogP contribution in [-0.4, -0.2) is 17.3 Å². The van der Waals surface area contributed by atoms with E-state index in [1.807, 2.05) is 0 Å². The molecule has 1 fully saturated rings. The fourth-order valence-electron chi connectivity index (χ4n) is 2.11. The van der Waals surface area contributed by atoms with Crippen LogP contribution in [0.3, 0.4) is 0 Å². The van der Waals surface area contributed by atoms with Gasteiger partial charge >= 0.3 is 0 Å². The van der Waals surface area contributed by atoms with Gasteiger partial charge in [-0.1, -0.05) is 19.9 Å². The molecule has 1 saturated carbocycles. The summed E-state index contributed by atoms with van der Waals surface area (Å²) in [5.74, 6) is 0. The van der Waals surface area contributed by atoms with Crippen LogP contribution in [0.1, 0.15) is 38.1 Å². The van der Waals surface area contributed by atoms with Crippen molar-refractivity contribution in [2.45, 2.75) is 45.4 Å². The maximum Gasteiger partial charge on any atom is 0.0621 e. The Morgan fingerprint density at radius 2 is 2.33 bits per heavy atom. The van der Waals surface area contributed by atoms with E-state index < -0.39 is 0 Å². The molecule has 84 valence electrons. The topological polar surface area (TPSA) is 32.3 Å². The molecule has 0 aromatic carbocycles. The summed E-state index contributed by atoms with van der Waals surface area (Å²) in [5.41, 5.74) is 0.0194. The third kappa shape index (κ3) is 1.96. The molecule has 2 nitrogen and oxygen atoms in total. The van der Waals surface area contributed by atoms with Gasteiger partial charge in [-0.25, -0.2) is 0 Å². The Hall–Kier alpha value is -0.380. The van der Waals surface area contributed by atoms with Gasteiger partial charge in [0.2, 0.25) is 0 Å². The van der Waals surface area contributed by atoms with E-state index in [2.05, 4.69) is 43.6 Å². The quantitative estimate of drug-likeness (QED) is 0.828. The lowest BCUT2D eigenvalue weighted by Crippen LogP contribution is -2.60. The number of aliphatic hydroxyl groups is 1. The first-order valence-electron chi connectivity index (χ1n) is 5.49. The first kappa shape index (κ1) is 11.1. The largest absolute Gasteiger partial charge is 0.392 e. The number of rotatable bonds is 3. The van der Waals surface area contributed by atoms with Gasteiger partial charge in [0, 0.05) is 22.4 Å². The molecule has 0 radical (unpaired) electrons. The van der Waals surface area contributed by atoms with Crippen molar-refractivity contribution in [3.05, 3.63) is 22.4 Å². The minimum atomic E-state index is -0.148. The van der Waals surface area contributed by atoms with Crippen molar-refractivity contribution in [3.8, 4) is 0 Å². The van der Waals surface area contributed by atoms with Crippen LogP contribution in [0.4, 0.5) is 0 Å². The predicted octanol–water partition coefficient (Wildman–Crippen LogP) is 2.56. The lowest BCUT2D eigenvalue weighted by atomic mass is 9.64. The second-order valence-electron chi connectivity index (χ2n) is 5.03. The summed E-state index contributed by atoms with van der Waals surface area (Å²) in [6.07, 6.45) is 0.730. The third-order valence-corrected chi connectivity index (χ3v) is 4.69. The van der Waals surface area contributed by atoms with Gasteiger partial charge in [-0.05, 0) is 24.8 Å². The Labute approximate surface area is 95.3 Å². The summed E-state index contributed by atoms with van der Waals surface area (Å²) < 4.78 is 0. The molecule has 2 unspecified atom stereocenters. The van der Waals surface area contributed by atoms with Crippen molar-refractivity contribution in [2.24, 2.45) is 5.41 Å². The van der Waals surface area contributed by atoms with Crippen LogP contribution in [0.5, 0.6) is 0 Å². The fourth-order valence-corrected chi connectivity index (χ4v) is 2.85. The molecule has 0 bridgehead atoms. The number of nitrogens with one attached hydrogen (secondary N) is 1. The third-order valence-electron chi connectivity index (χ3n) is 3.64. The van der Waals surface area contributed by atoms with Gasteiger partial charge in [0.25, 0.3) is 0 Å². The van der Waals surface area contributed by atoms with Crippen molar-refractivity contribution in [1.29, 1.82) is 0 Å². The fraction of sp³-hybridized carbons (Fsp3) is 0.667. The van der Waals surface area contributed by atoms with Gasteiger partial charge in [0.05, 0.1) is 6.10 Å². The molecule has 0 saturated heterocycles. The van der Waals surface area contributed by atoms with Crippen molar-refractivity contribution in [1.82, 2.24) is 5.32 Å². The van der Waals surface area contributed by atoms with Gasteiger partial charge in [0.1, 0.15) is 0 Å². The van der Waals surface area contributed by atoms with Crippen LogP contribution in [0, 0.1) is 5.41 Å². The Morgan fingerprint density at radius 1 is 1.60 bits per heavy atom. The second kappa shape index (κ2) is 3.89. The van der Waals surface area contributed by atoms with Crippen LogP contribution in [0.25, 0.3) is 0 Å². The average molecular weight is 225 g/mol. The number of aliphatic hydroxyl groups excluding tert-OH is 1. The lowest BCUT2D eigenvalue weighted by molar-refractivity contribution is -0.0753. The number of thiophene rings is 1. The molecular formula is C12H19NOS. The van der Waals surface area contributed by atoms with Crippen LogP contribution in [-0.2, 0) is 0 Å². The minimum Gasteiger partial charge on any atom is -0.392 e. The van der Waals surface area contributed by atoms with E-state index in [1.54, 1.807) is 11.3 Å². The Bertz CT molecular complexity index is 320. The van der Waals surface area contributed by atoms with E-state index >= 15 is 0 Å². The van der Waals surface area contributed by atoms with E-state index in [9.17, 15) is 5.11 Å². The number of hydrogen-bond donors (Lipinski definition) is 2. The van der Waals surface area contributed by atoms with Crippen molar-refractivity contribution >= 4 is 11.3 Å². The molecular weight excluding hydrogens is 206 g/mol. The van der Waals surface area contributed by atoms with E-state index in [1.165, 1.54) is 4.88 Å². The molecule has 0 amide bonds. The molecule has 2 N–H and O–H groups in total. The summed E-state index contributed by atoms with van der Waals surface area (Å²) in [7, 11) is 0. The highest BCUT2D eigenvalue weighted by Crippen LogP contribution is 2.41. The summed E-state index contributed by atoms with van der Waals surface area (Å²) >= 11 is 1.78. The second-order valence-corrected chi connectivity index (χ2v) is 6.01. The first-order chi connectivity index (χ1) is 7.01. The molecule has 1 aromatic heterocycles. The predicted molar refractivity (Wildman–Crippen MR) is 64.1 cm³/mol. The maximum atomic E-state index is 9.65. The molecule has 15 heavy (non-hydrogen) atoms. The van der Waals surface area contributed by atoms with Crippen molar-refractivity contribution in [3.63, 3.8) is 0 Å². The summed E-state index contributed by atoms with van der Waals surface area (Å²) in [6.45, 7) is 6.44. The zero-order valence-electron chi connectivity index (χ0n) is 9.53. The monoisotopic (exact) mass is 225 g/mol. The standard InChI is InChI=1S/C12H19NOS/c1-8(9-5-4-6-15-9)13-10-7-11(14)12(10,2)3/h4-6,8,10-11,13-14H,7H2,1-3H3/t8-,10?,11?/m1/s1. The molecule has 2 rings (SSSR count). The smallest absolute Gasteiger partial charge is 0.0621 e. The zero-order chi connectivity index (χ0) is 11.1. The molecule has 0 spiro atoms. The van der Waals surface area contributed by atoms with Crippen LogP contribution >= 0.6 is 11.3 Å². The van der Waals surface area contributed by atoms with Crippen LogP contribution < -0.4 is 5.32 Å². The molecule has 1 aliphatic carbocycles. The Morgan fingerprint density at radius 3 is 2.80 bits per heavy atom. The van der Waals surface area contributed by atoms with Crippen LogP contribution in [0.15, 0.2) is 17.5 Å². The summed E-state index contributed by atoms with van der Waals surface area (Å²) in [4.78, 5) is 1.37. The Kier molecular flexibility index (Phi) is 2.88. The highest BCUT2D eigenvalue weighted by atomic mass is 32.1. The van der Waals surface area contributed by atoms with Gasteiger partial charge < -0.3 is 10.4 Å². The van der Waals surface area contributed by atoms with Gasteiger partial charge in [0.15, 0.2) is 0 Å². The van der Waals surface area contributed by atoms with Gasteiger partial charge in [-0.3, -0.25) is 0 Å². The first-order valence-corrected chi connectivity index (χ1v) is 6.37. The molecule has 1 heterocycles. The molecule has 1 aromatic rings. The Balaban J connectivity index is 1.94. The van der Waals surface area contributed by atoms with Gasteiger partial charge in [-0.15, -0.1) is 11.3 Å². The minimum absolute atomic E-state index is 0.0194. The summed E-state index contributed by atoms with van der Waals surface area (Å²) in [5, 5.41) is 15.3. The van der Waals surface area contributed by atoms with E-state index in [0.29, 0.717) is 12.1 Å². The maximum absolute atomic E-state index is 9.65. The highest BCUT2D eigenvalue weighted by Gasteiger charge is 2.47. The normalized spacial score (nSPS) is 30.9. The van der Waals surface area contributed by atoms with E-state index in [4.69, 9.17) is 0 Å². The van der Waals surface area contributed by atoms with E-state index in [-0.39, 0.29) is 11.5 Å². The average Bonchev–Trinajstić information content (AvgIpc) is 2.70.